The lowest BCUT2D eigenvalue weighted by Gasteiger charge is -2.00. The highest BCUT2D eigenvalue weighted by Gasteiger charge is 1.91. The van der Waals surface area contributed by atoms with Crippen LogP contribution >= 0.6 is 0 Å². The molecule has 58 valence electrons. The maximum absolute atomic E-state index is 3.15. The molecule has 0 aliphatic rings. The molecule has 0 N–H and O–H groups in total. The summed E-state index contributed by atoms with van der Waals surface area (Å²) in [5.41, 5.74) is 3.15. The van der Waals surface area contributed by atoms with Gasteiger partial charge in [-0.25, -0.2) is 0 Å². The third-order valence-corrected chi connectivity index (χ3v) is 1.66. The standard InChI is InChI=1S/C10H18/c1-4-6-7-8-9-10(3)5-2/h6,8,10H,4-5,9H2,1-3H3. The van der Waals surface area contributed by atoms with Gasteiger partial charge in [-0.2, -0.15) is 0 Å². The molecule has 0 rings (SSSR count). The highest BCUT2D eigenvalue weighted by molar-refractivity contribution is 4.84. The van der Waals surface area contributed by atoms with E-state index in [0.29, 0.717) is 0 Å². The SMILES string of the molecule is CCC=C=CCC(C)CC. The van der Waals surface area contributed by atoms with E-state index >= 15 is 0 Å². The zero-order valence-electron chi connectivity index (χ0n) is 7.35. The number of hydrogen-bond donors (Lipinski definition) is 0. The van der Waals surface area contributed by atoms with Crippen molar-refractivity contribution in [3.05, 3.63) is 17.9 Å². The van der Waals surface area contributed by atoms with Crippen LogP contribution in [0.15, 0.2) is 17.9 Å². The summed E-state index contributed by atoms with van der Waals surface area (Å²) in [5, 5.41) is 0. The second kappa shape index (κ2) is 6.64. The first-order chi connectivity index (χ1) is 4.81. The van der Waals surface area contributed by atoms with Crippen molar-refractivity contribution in [2.45, 2.75) is 40.0 Å². The van der Waals surface area contributed by atoms with Crippen LogP contribution in [0.25, 0.3) is 0 Å². The van der Waals surface area contributed by atoms with E-state index in [9.17, 15) is 0 Å². The fourth-order valence-corrected chi connectivity index (χ4v) is 0.637. The van der Waals surface area contributed by atoms with Gasteiger partial charge in [0.15, 0.2) is 0 Å². The van der Waals surface area contributed by atoms with Crippen LogP contribution in [-0.2, 0) is 0 Å². The minimum atomic E-state index is 0.817. The summed E-state index contributed by atoms with van der Waals surface area (Å²) >= 11 is 0. The Morgan fingerprint density at radius 2 is 2.00 bits per heavy atom. The molecule has 0 saturated heterocycles. The third-order valence-electron chi connectivity index (χ3n) is 1.66. The van der Waals surface area contributed by atoms with Crippen molar-refractivity contribution in [3.8, 4) is 0 Å². The van der Waals surface area contributed by atoms with E-state index in [1.165, 1.54) is 12.8 Å². The van der Waals surface area contributed by atoms with Crippen molar-refractivity contribution in [1.82, 2.24) is 0 Å². The fraction of sp³-hybridized carbons (Fsp3) is 0.700. The number of hydrogen-bond acceptors (Lipinski definition) is 0. The van der Waals surface area contributed by atoms with Crippen LogP contribution in [0.4, 0.5) is 0 Å². The van der Waals surface area contributed by atoms with Gasteiger partial charge >= 0.3 is 0 Å². The van der Waals surface area contributed by atoms with E-state index in [0.717, 1.165) is 12.3 Å². The maximum Gasteiger partial charge on any atom is -0.0249 e. The average Bonchev–Trinajstić information content (AvgIpc) is 1.98. The molecule has 1 atom stereocenters. The zero-order valence-corrected chi connectivity index (χ0v) is 7.35. The molecule has 1 unspecified atom stereocenters. The summed E-state index contributed by atoms with van der Waals surface area (Å²) in [6.07, 6.45) is 7.74. The molecule has 0 bridgehead atoms. The first-order valence-electron chi connectivity index (χ1n) is 4.20. The predicted molar refractivity (Wildman–Crippen MR) is 47.0 cm³/mol. The predicted octanol–water partition coefficient (Wildman–Crippen LogP) is 3.54. The Bertz CT molecular complexity index is 116. The van der Waals surface area contributed by atoms with E-state index in [1.807, 2.05) is 0 Å². The van der Waals surface area contributed by atoms with Gasteiger partial charge in [-0.3, -0.25) is 0 Å². The Labute approximate surface area is 64.6 Å². The molecule has 0 amide bonds. The van der Waals surface area contributed by atoms with Crippen LogP contribution in [0.1, 0.15) is 40.0 Å². The number of rotatable bonds is 4. The monoisotopic (exact) mass is 138 g/mol. The van der Waals surface area contributed by atoms with Gasteiger partial charge in [0.1, 0.15) is 0 Å². The van der Waals surface area contributed by atoms with Gasteiger partial charge in [0.05, 0.1) is 0 Å². The molecular formula is C10H18. The first-order valence-corrected chi connectivity index (χ1v) is 4.20. The molecule has 0 aromatic heterocycles. The smallest absolute Gasteiger partial charge is 0.0249 e. The topological polar surface area (TPSA) is 0 Å². The molecular weight excluding hydrogens is 120 g/mol. The van der Waals surface area contributed by atoms with Crippen molar-refractivity contribution in [2.75, 3.05) is 0 Å². The molecule has 0 nitrogen and oxygen atoms in total. The van der Waals surface area contributed by atoms with Crippen LogP contribution in [0, 0.1) is 5.92 Å². The summed E-state index contributed by atoms with van der Waals surface area (Å²) in [7, 11) is 0. The average molecular weight is 138 g/mol. The molecule has 0 aliphatic heterocycles. The minimum absolute atomic E-state index is 0.817. The second-order valence-corrected chi connectivity index (χ2v) is 2.73. The number of allylic oxidation sites excluding steroid dienone is 1. The third kappa shape index (κ3) is 5.65. The van der Waals surface area contributed by atoms with Gasteiger partial charge in [-0.15, -0.1) is 5.73 Å². The normalized spacial score (nSPS) is 11.9. The Balaban J connectivity index is 3.42. The molecule has 0 heterocycles. The second-order valence-electron chi connectivity index (χ2n) is 2.73. The molecule has 10 heavy (non-hydrogen) atoms. The summed E-state index contributed by atoms with van der Waals surface area (Å²) < 4.78 is 0. The first kappa shape index (κ1) is 9.52. The Hall–Kier alpha value is -0.480. The zero-order chi connectivity index (χ0) is 7.82. The lowest BCUT2D eigenvalue weighted by molar-refractivity contribution is 0.572. The summed E-state index contributed by atoms with van der Waals surface area (Å²) in [5.74, 6) is 0.817. The van der Waals surface area contributed by atoms with Crippen LogP contribution in [-0.4, -0.2) is 0 Å². The van der Waals surface area contributed by atoms with Crippen LogP contribution in [0.5, 0.6) is 0 Å². The van der Waals surface area contributed by atoms with Crippen molar-refractivity contribution in [3.63, 3.8) is 0 Å². The van der Waals surface area contributed by atoms with Gasteiger partial charge in [-0.1, -0.05) is 27.2 Å². The van der Waals surface area contributed by atoms with Crippen molar-refractivity contribution in [1.29, 1.82) is 0 Å². The molecule has 0 radical (unpaired) electrons. The van der Waals surface area contributed by atoms with Gasteiger partial charge in [0, 0.05) is 0 Å². The molecule has 0 spiro atoms. The molecule has 0 aromatic rings. The Kier molecular flexibility index (Phi) is 6.32. The lowest BCUT2D eigenvalue weighted by Crippen LogP contribution is -1.86. The molecule has 0 aromatic carbocycles. The van der Waals surface area contributed by atoms with E-state index < -0.39 is 0 Å². The quantitative estimate of drug-likeness (QED) is 0.521. The minimum Gasteiger partial charge on any atom is -0.130 e. The van der Waals surface area contributed by atoms with Gasteiger partial charge in [0.2, 0.25) is 0 Å². The van der Waals surface area contributed by atoms with Crippen LogP contribution < -0.4 is 0 Å². The van der Waals surface area contributed by atoms with E-state index in [2.05, 4.69) is 38.7 Å². The van der Waals surface area contributed by atoms with Gasteiger partial charge in [-0.05, 0) is 30.9 Å². The Morgan fingerprint density at radius 1 is 1.30 bits per heavy atom. The van der Waals surface area contributed by atoms with Crippen molar-refractivity contribution in [2.24, 2.45) is 5.92 Å². The summed E-state index contributed by atoms with van der Waals surface area (Å²) in [6.45, 7) is 6.62. The van der Waals surface area contributed by atoms with Crippen LogP contribution in [0.2, 0.25) is 0 Å². The van der Waals surface area contributed by atoms with Gasteiger partial charge < -0.3 is 0 Å². The van der Waals surface area contributed by atoms with E-state index in [4.69, 9.17) is 0 Å². The summed E-state index contributed by atoms with van der Waals surface area (Å²) in [4.78, 5) is 0. The van der Waals surface area contributed by atoms with Crippen LogP contribution in [0.3, 0.4) is 0 Å². The van der Waals surface area contributed by atoms with Crippen molar-refractivity contribution < 1.29 is 0 Å². The molecule has 0 aliphatic carbocycles. The molecule has 0 heteroatoms. The maximum atomic E-state index is 3.15. The largest absolute Gasteiger partial charge is 0.130 e. The molecule has 0 fully saturated rings. The van der Waals surface area contributed by atoms with E-state index in [-0.39, 0.29) is 0 Å². The van der Waals surface area contributed by atoms with Gasteiger partial charge in [0.25, 0.3) is 0 Å². The fourth-order valence-electron chi connectivity index (χ4n) is 0.637. The molecule has 0 saturated carbocycles. The Morgan fingerprint density at radius 3 is 2.50 bits per heavy atom. The highest BCUT2D eigenvalue weighted by atomic mass is 14.0. The van der Waals surface area contributed by atoms with E-state index in [1.54, 1.807) is 0 Å². The highest BCUT2D eigenvalue weighted by Crippen LogP contribution is 2.05. The lowest BCUT2D eigenvalue weighted by atomic mass is 10.1. The van der Waals surface area contributed by atoms with Crippen molar-refractivity contribution >= 4 is 0 Å². The summed E-state index contributed by atoms with van der Waals surface area (Å²) in [6, 6.07) is 0.